The minimum Gasteiger partial charge on any atom is -0.359 e. The summed E-state index contributed by atoms with van der Waals surface area (Å²) in [5, 5.41) is 8.71. The second-order valence-electron chi connectivity index (χ2n) is 5.16. The van der Waals surface area contributed by atoms with Crippen LogP contribution in [0.1, 0.15) is 11.3 Å². The van der Waals surface area contributed by atoms with Gasteiger partial charge in [0.05, 0.1) is 10.7 Å². The molecule has 0 atom stereocenters. The average molecular weight is 330 g/mol. The molecule has 0 bridgehead atoms. The predicted octanol–water partition coefficient (Wildman–Crippen LogP) is 4.62. The van der Waals surface area contributed by atoms with Crippen molar-refractivity contribution in [1.82, 2.24) is 10.3 Å². The summed E-state index contributed by atoms with van der Waals surface area (Å²) in [6.45, 7) is 2.72. The van der Waals surface area contributed by atoms with Gasteiger partial charge < -0.3 is 15.6 Å². The first kappa shape index (κ1) is 14.9. The van der Waals surface area contributed by atoms with Crippen molar-refractivity contribution in [3.63, 3.8) is 0 Å². The van der Waals surface area contributed by atoms with E-state index in [-0.39, 0.29) is 0 Å². The van der Waals surface area contributed by atoms with Crippen molar-refractivity contribution in [3.8, 4) is 0 Å². The lowest BCUT2D eigenvalue weighted by atomic mass is 10.1. The molecule has 0 aliphatic carbocycles. The van der Waals surface area contributed by atoms with Gasteiger partial charge >= 0.3 is 0 Å². The Labute approximate surface area is 139 Å². The summed E-state index contributed by atoms with van der Waals surface area (Å²) in [6.07, 6.45) is 0. The van der Waals surface area contributed by atoms with Gasteiger partial charge in [0.2, 0.25) is 0 Å². The van der Waals surface area contributed by atoms with E-state index in [4.69, 9.17) is 23.8 Å². The first-order chi connectivity index (χ1) is 10.6. The van der Waals surface area contributed by atoms with Crippen LogP contribution in [0.4, 0.5) is 5.69 Å². The molecule has 2 aromatic carbocycles. The first-order valence-electron chi connectivity index (χ1n) is 6.99. The van der Waals surface area contributed by atoms with Crippen LogP contribution < -0.4 is 10.6 Å². The number of rotatable bonds is 3. The highest BCUT2D eigenvalue weighted by molar-refractivity contribution is 7.80. The third-order valence-corrected chi connectivity index (χ3v) is 3.97. The number of aryl methyl sites for hydroxylation is 1. The van der Waals surface area contributed by atoms with E-state index in [2.05, 4.69) is 46.8 Å². The number of thiocarbonyl (C=S) groups is 1. The van der Waals surface area contributed by atoms with E-state index in [1.807, 2.05) is 24.3 Å². The molecule has 0 unspecified atom stereocenters. The topological polar surface area (TPSA) is 39.8 Å². The number of aromatic nitrogens is 1. The lowest BCUT2D eigenvalue weighted by molar-refractivity contribution is 0.928. The Bertz CT molecular complexity index is 826. The largest absolute Gasteiger partial charge is 0.359 e. The Morgan fingerprint density at radius 3 is 2.82 bits per heavy atom. The SMILES string of the molecule is Cc1cc2cc(CNC(=S)Nc3ccccc3Cl)ccc2[nH]1. The molecule has 0 aliphatic heterocycles. The zero-order valence-electron chi connectivity index (χ0n) is 12.1. The van der Waals surface area contributed by atoms with Gasteiger partial charge in [0.25, 0.3) is 0 Å². The molecule has 3 nitrogen and oxygen atoms in total. The summed E-state index contributed by atoms with van der Waals surface area (Å²) in [7, 11) is 0. The average Bonchev–Trinajstić information content (AvgIpc) is 2.87. The smallest absolute Gasteiger partial charge is 0.171 e. The normalized spacial score (nSPS) is 10.6. The monoisotopic (exact) mass is 329 g/mol. The van der Waals surface area contributed by atoms with Gasteiger partial charge in [0.15, 0.2) is 5.11 Å². The predicted molar refractivity (Wildman–Crippen MR) is 97.5 cm³/mol. The van der Waals surface area contributed by atoms with Gasteiger partial charge in [-0.15, -0.1) is 0 Å². The fourth-order valence-electron chi connectivity index (χ4n) is 2.35. The van der Waals surface area contributed by atoms with Crippen molar-refractivity contribution in [3.05, 3.63) is 64.8 Å². The zero-order valence-corrected chi connectivity index (χ0v) is 13.7. The molecular weight excluding hydrogens is 314 g/mol. The van der Waals surface area contributed by atoms with Crippen LogP contribution in [0.15, 0.2) is 48.5 Å². The minimum absolute atomic E-state index is 0.554. The number of benzene rings is 2. The molecule has 0 amide bonds. The number of nitrogens with one attached hydrogen (secondary N) is 3. The minimum atomic E-state index is 0.554. The van der Waals surface area contributed by atoms with Crippen molar-refractivity contribution in [2.75, 3.05) is 5.32 Å². The number of hydrogen-bond donors (Lipinski definition) is 3. The van der Waals surface area contributed by atoms with Crippen LogP contribution >= 0.6 is 23.8 Å². The highest BCUT2D eigenvalue weighted by Gasteiger charge is 2.03. The van der Waals surface area contributed by atoms with Crippen LogP contribution in [0.25, 0.3) is 10.9 Å². The molecule has 3 N–H and O–H groups in total. The first-order valence-corrected chi connectivity index (χ1v) is 7.78. The number of para-hydroxylation sites is 1. The van der Waals surface area contributed by atoms with Crippen LogP contribution in [0.5, 0.6) is 0 Å². The molecule has 112 valence electrons. The summed E-state index contributed by atoms with van der Waals surface area (Å²) in [6, 6.07) is 16.0. The molecule has 1 heterocycles. The second-order valence-corrected chi connectivity index (χ2v) is 5.98. The molecule has 22 heavy (non-hydrogen) atoms. The molecule has 0 saturated carbocycles. The highest BCUT2D eigenvalue weighted by atomic mass is 35.5. The molecule has 0 aliphatic rings. The molecule has 5 heteroatoms. The maximum atomic E-state index is 6.10. The molecular formula is C17H16ClN3S. The molecule has 0 radical (unpaired) electrons. The van der Waals surface area contributed by atoms with Gasteiger partial charge in [-0.25, -0.2) is 0 Å². The molecule has 0 saturated heterocycles. The standard InChI is InChI=1S/C17H16ClN3S/c1-11-8-13-9-12(6-7-15(13)20-11)10-19-17(22)21-16-5-3-2-4-14(16)18/h2-9,20H,10H2,1H3,(H2,19,21,22). The molecule has 0 spiro atoms. The number of hydrogen-bond acceptors (Lipinski definition) is 1. The Morgan fingerprint density at radius 2 is 2.00 bits per heavy atom. The second kappa shape index (κ2) is 6.38. The number of halogens is 1. The molecule has 3 rings (SSSR count). The van der Waals surface area contributed by atoms with Crippen LogP contribution in [-0.4, -0.2) is 10.1 Å². The van der Waals surface area contributed by atoms with E-state index < -0.39 is 0 Å². The summed E-state index contributed by atoms with van der Waals surface area (Å²) < 4.78 is 0. The quantitative estimate of drug-likeness (QED) is 0.614. The molecule has 3 aromatic rings. The fraction of sp³-hybridized carbons (Fsp3) is 0.118. The van der Waals surface area contributed by atoms with Crippen LogP contribution in [0.2, 0.25) is 5.02 Å². The van der Waals surface area contributed by atoms with Crippen molar-refractivity contribution in [1.29, 1.82) is 0 Å². The van der Waals surface area contributed by atoms with E-state index in [0.29, 0.717) is 16.7 Å². The maximum Gasteiger partial charge on any atom is 0.171 e. The Morgan fingerprint density at radius 1 is 1.18 bits per heavy atom. The van der Waals surface area contributed by atoms with Gasteiger partial charge in [-0.05, 0) is 60.4 Å². The summed E-state index contributed by atoms with van der Waals surface area (Å²) >= 11 is 11.4. The van der Waals surface area contributed by atoms with Crippen LogP contribution in [-0.2, 0) is 6.54 Å². The Kier molecular flexibility index (Phi) is 4.32. The Balaban J connectivity index is 1.63. The number of fused-ring (bicyclic) bond motifs is 1. The number of anilines is 1. The van der Waals surface area contributed by atoms with E-state index in [1.165, 1.54) is 10.9 Å². The summed E-state index contributed by atoms with van der Waals surface area (Å²) in [5.74, 6) is 0. The van der Waals surface area contributed by atoms with E-state index >= 15 is 0 Å². The van der Waals surface area contributed by atoms with Crippen LogP contribution in [0.3, 0.4) is 0 Å². The zero-order chi connectivity index (χ0) is 15.5. The van der Waals surface area contributed by atoms with Gasteiger partial charge in [-0.2, -0.15) is 0 Å². The lowest BCUT2D eigenvalue weighted by Gasteiger charge is -2.11. The lowest BCUT2D eigenvalue weighted by Crippen LogP contribution is -2.27. The third-order valence-electron chi connectivity index (χ3n) is 3.39. The maximum absolute atomic E-state index is 6.10. The van der Waals surface area contributed by atoms with Gasteiger partial charge in [-0.3, -0.25) is 0 Å². The van der Waals surface area contributed by atoms with Gasteiger partial charge in [0, 0.05) is 17.8 Å². The van der Waals surface area contributed by atoms with E-state index in [0.717, 1.165) is 16.9 Å². The number of H-pyrrole nitrogens is 1. The van der Waals surface area contributed by atoms with Crippen molar-refractivity contribution < 1.29 is 0 Å². The summed E-state index contributed by atoms with van der Waals surface area (Å²) in [5.41, 5.74) is 4.29. The van der Waals surface area contributed by atoms with Gasteiger partial charge in [0.1, 0.15) is 0 Å². The Hall–Kier alpha value is -2.04. The van der Waals surface area contributed by atoms with Crippen molar-refractivity contribution in [2.24, 2.45) is 0 Å². The van der Waals surface area contributed by atoms with Gasteiger partial charge in [-0.1, -0.05) is 29.8 Å². The fourth-order valence-corrected chi connectivity index (χ4v) is 2.71. The summed E-state index contributed by atoms with van der Waals surface area (Å²) in [4.78, 5) is 3.32. The molecule has 1 aromatic heterocycles. The third kappa shape index (κ3) is 3.40. The van der Waals surface area contributed by atoms with Crippen molar-refractivity contribution >= 4 is 45.5 Å². The molecule has 0 fully saturated rings. The van der Waals surface area contributed by atoms with Crippen LogP contribution in [0, 0.1) is 6.92 Å². The number of aromatic amines is 1. The van der Waals surface area contributed by atoms with E-state index in [1.54, 1.807) is 0 Å². The highest BCUT2D eigenvalue weighted by Crippen LogP contribution is 2.20. The van der Waals surface area contributed by atoms with Crippen molar-refractivity contribution in [2.45, 2.75) is 13.5 Å². The van der Waals surface area contributed by atoms with E-state index in [9.17, 15) is 0 Å².